The molecule has 0 saturated carbocycles. The van der Waals surface area contributed by atoms with E-state index in [9.17, 15) is 9.18 Å². The van der Waals surface area contributed by atoms with Crippen molar-refractivity contribution in [1.82, 2.24) is 15.3 Å². The number of halogens is 1. The quantitative estimate of drug-likeness (QED) is 0.806. The second-order valence-corrected chi connectivity index (χ2v) is 5.97. The summed E-state index contributed by atoms with van der Waals surface area (Å²) in [6.07, 6.45) is 0. The molecule has 0 aliphatic heterocycles. The van der Waals surface area contributed by atoms with Crippen molar-refractivity contribution < 1.29 is 9.18 Å². The summed E-state index contributed by atoms with van der Waals surface area (Å²) >= 11 is 1.51. The van der Waals surface area contributed by atoms with E-state index in [1.165, 1.54) is 23.5 Å². The molecule has 3 aromatic rings. The molecule has 112 valence electrons. The van der Waals surface area contributed by atoms with Gasteiger partial charge in [-0.25, -0.2) is 9.37 Å². The van der Waals surface area contributed by atoms with E-state index in [0.29, 0.717) is 23.3 Å². The van der Waals surface area contributed by atoms with Gasteiger partial charge in [0, 0.05) is 22.5 Å². The second kappa shape index (κ2) is 5.81. The lowest BCUT2D eigenvalue weighted by Gasteiger charge is -2.08. The fraction of sp³-hybridized carbons (Fsp3) is 0.188. The Balaban J connectivity index is 1.84. The third-order valence-corrected chi connectivity index (χ3v) is 4.25. The maximum atomic E-state index is 13.2. The first-order valence-electron chi connectivity index (χ1n) is 6.79. The number of carbonyl (C=O) groups excluding carboxylic acids is 1. The number of amides is 1. The van der Waals surface area contributed by atoms with Crippen molar-refractivity contribution in [3.05, 3.63) is 57.4 Å². The summed E-state index contributed by atoms with van der Waals surface area (Å²) in [7, 11) is 0. The van der Waals surface area contributed by atoms with Gasteiger partial charge in [-0.15, -0.1) is 11.3 Å². The molecule has 3 rings (SSSR count). The van der Waals surface area contributed by atoms with E-state index in [1.54, 1.807) is 19.1 Å². The van der Waals surface area contributed by atoms with E-state index >= 15 is 0 Å². The van der Waals surface area contributed by atoms with Gasteiger partial charge in [0.05, 0.1) is 23.3 Å². The van der Waals surface area contributed by atoms with Crippen LogP contribution in [0.15, 0.2) is 29.6 Å². The molecule has 2 aromatic heterocycles. The van der Waals surface area contributed by atoms with Crippen molar-refractivity contribution in [3.8, 4) is 0 Å². The Morgan fingerprint density at radius 3 is 2.82 bits per heavy atom. The molecular formula is C16H14FN3OS. The molecular weight excluding hydrogens is 301 g/mol. The van der Waals surface area contributed by atoms with Crippen LogP contribution in [0.3, 0.4) is 0 Å². The van der Waals surface area contributed by atoms with Gasteiger partial charge in [0.25, 0.3) is 5.91 Å². The van der Waals surface area contributed by atoms with Crippen LogP contribution in [-0.2, 0) is 6.54 Å². The maximum Gasteiger partial charge on any atom is 0.253 e. The third kappa shape index (κ3) is 2.96. The average molecular weight is 315 g/mol. The van der Waals surface area contributed by atoms with Gasteiger partial charge in [-0.05, 0) is 32.0 Å². The van der Waals surface area contributed by atoms with Crippen LogP contribution in [0, 0.1) is 19.7 Å². The van der Waals surface area contributed by atoms with Crippen molar-refractivity contribution in [1.29, 1.82) is 0 Å². The molecule has 1 N–H and O–H groups in total. The van der Waals surface area contributed by atoms with Crippen LogP contribution in [0.25, 0.3) is 10.9 Å². The molecule has 22 heavy (non-hydrogen) atoms. The summed E-state index contributed by atoms with van der Waals surface area (Å²) in [5.41, 5.74) is 2.56. The molecule has 0 aliphatic rings. The minimum atomic E-state index is -0.337. The molecule has 6 heteroatoms. The van der Waals surface area contributed by atoms with Crippen LogP contribution in [0.5, 0.6) is 0 Å². The zero-order chi connectivity index (χ0) is 15.7. The topological polar surface area (TPSA) is 54.9 Å². The molecule has 0 spiro atoms. The Kier molecular flexibility index (Phi) is 3.85. The largest absolute Gasteiger partial charge is 0.345 e. The van der Waals surface area contributed by atoms with Crippen LogP contribution in [0.2, 0.25) is 0 Å². The minimum absolute atomic E-state index is 0.205. The normalized spacial score (nSPS) is 10.9. The number of fused-ring (bicyclic) bond motifs is 1. The highest BCUT2D eigenvalue weighted by Crippen LogP contribution is 2.18. The lowest BCUT2D eigenvalue weighted by Crippen LogP contribution is -2.24. The molecule has 0 fully saturated rings. The van der Waals surface area contributed by atoms with Gasteiger partial charge >= 0.3 is 0 Å². The van der Waals surface area contributed by atoms with Crippen LogP contribution >= 0.6 is 11.3 Å². The number of aromatic nitrogens is 2. The first-order valence-corrected chi connectivity index (χ1v) is 7.67. The molecule has 1 amide bonds. The van der Waals surface area contributed by atoms with Crippen molar-refractivity contribution >= 4 is 28.1 Å². The fourth-order valence-corrected chi connectivity index (χ4v) is 2.91. The van der Waals surface area contributed by atoms with E-state index in [1.807, 2.05) is 12.3 Å². The number of carbonyl (C=O) groups is 1. The molecule has 0 radical (unpaired) electrons. The zero-order valence-corrected chi connectivity index (χ0v) is 13.0. The number of thiazole rings is 1. The first kappa shape index (κ1) is 14.6. The third-order valence-electron chi connectivity index (χ3n) is 3.28. The van der Waals surface area contributed by atoms with E-state index < -0.39 is 0 Å². The minimum Gasteiger partial charge on any atom is -0.345 e. The van der Waals surface area contributed by atoms with Gasteiger partial charge in [-0.3, -0.25) is 9.78 Å². The highest BCUT2D eigenvalue weighted by atomic mass is 32.1. The number of pyridine rings is 1. The number of hydrogen-bond acceptors (Lipinski definition) is 4. The van der Waals surface area contributed by atoms with Crippen LogP contribution < -0.4 is 5.32 Å². The summed E-state index contributed by atoms with van der Waals surface area (Å²) in [6.45, 7) is 4.05. The highest BCUT2D eigenvalue weighted by Gasteiger charge is 2.12. The molecule has 0 atom stereocenters. The molecule has 2 heterocycles. The summed E-state index contributed by atoms with van der Waals surface area (Å²) in [4.78, 5) is 20.9. The number of nitrogens with zero attached hydrogens (tertiary/aromatic N) is 2. The predicted molar refractivity (Wildman–Crippen MR) is 84.5 cm³/mol. The molecule has 0 bridgehead atoms. The monoisotopic (exact) mass is 315 g/mol. The van der Waals surface area contributed by atoms with Crippen LogP contribution in [-0.4, -0.2) is 15.9 Å². The summed E-state index contributed by atoms with van der Waals surface area (Å²) < 4.78 is 13.2. The van der Waals surface area contributed by atoms with Gasteiger partial charge in [0.2, 0.25) is 0 Å². The predicted octanol–water partition coefficient (Wildman–Crippen LogP) is 3.38. The fourth-order valence-electron chi connectivity index (χ4n) is 2.20. The molecule has 1 aromatic carbocycles. The molecule has 0 aliphatic carbocycles. The maximum absolute atomic E-state index is 13.2. The van der Waals surface area contributed by atoms with Crippen LogP contribution in [0.1, 0.15) is 26.8 Å². The SMILES string of the molecule is Cc1csc(CNC(=O)c2cc3ccc(F)cc3nc2C)n1. The van der Waals surface area contributed by atoms with E-state index in [4.69, 9.17) is 0 Å². The van der Waals surface area contributed by atoms with Gasteiger partial charge in [0.1, 0.15) is 10.8 Å². The Hall–Kier alpha value is -2.34. The standard InChI is InChI=1S/C16H14FN3OS/c1-9-8-22-15(19-9)7-18-16(21)13-5-11-3-4-12(17)6-14(11)20-10(13)2/h3-6,8H,7H2,1-2H3,(H,18,21). The number of rotatable bonds is 3. The van der Waals surface area contributed by atoms with E-state index in [-0.39, 0.29) is 11.7 Å². The number of aryl methyl sites for hydroxylation is 2. The van der Waals surface area contributed by atoms with E-state index in [2.05, 4.69) is 15.3 Å². The Labute approximate surface area is 131 Å². The lowest BCUT2D eigenvalue weighted by molar-refractivity contribution is 0.0950. The Morgan fingerprint density at radius 1 is 1.27 bits per heavy atom. The number of nitrogens with one attached hydrogen (secondary N) is 1. The molecule has 0 unspecified atom stereocenters. The highest BCUT2D eigenvalue weighted by molar-refractivity contribution is 7.09. The molecule has 4 nitrogen and oxygen atoms in total. The van der Waals surface area contributed by atoms with Gasteiger partial charge in [-0.1, -0.05) is 0 Å². The van der Waals surface area contributed by atoms with Crippen LogP contribution in [0.4, 0.5) is 4.39 Å². The number of hydrogen-bond donors (Lipinski definition) is 1. The Bertz CT molecular complexity index is 860. The summed E-state index contributed by atoms with van der Waals surface area (Å²) in [5.74, 6) is -0.542. The van der Waals surface area contributed by atoms with Crippen molar-refractivity contribution in [2.45, 2.75) is 20.4 Å². The van der Waals surface area contributed by atoms with E-state index in [0.717, 1.165) is 16.1 Å². The summed E-state index contributed by atoms with van der Waals surface area (Å²) in [6, 6.07) is 6.08. The Morgan fingerprint density at radius 2 is 2.09 bits per heavy atom. The van der Waals surface area contributed by atoms with Crippen molar-refractivity contribution in [3.63, 3.8) is 0 Å². The summed E-state index contributed by atoms with van der Waals surface area (Å²) in [5, 5.41) is 6.38. The van der Waals surface area contributed by atoms with Gasteiger partial charge in [0.15, 0.2) is 0 Å². The van der Waals surface area contributed by atoms with Gasteiger partial charge < -0.3 is 5.32 Å². The second-order valence-electron chi connectivity index (χ2n) is 5.02. The van der Waals surface area contributed by atoms with Crippen molar-refractivity contribution in [2.75, 3.05) is 0 Å². The zero-order valence-electron chi connectivity index (χ0n) is 12.2. The first-order chi connectivity index (χ1) is 10.5. The number of benzene rings is 1. The van der Waals surface area contributed by atoms with Crippen molar-refractivity contribution in [2.24, 2.45) is 0 Å². The average Bonchev–Trinajstić information content (AvgIpc) is 2.89. The smallest absolute Gasteiger partial charge is 0.253 e. The lowest BCUT2D eigenvalue weighted by atomic mass is 10.1. The molecule has 0 saturated heterocycles. The van der Waals surface area contributed by atoms with Gasteiger partial charge in [-0.2, -0.15) is 0 Å².